The molecule has 0 fully saturated rings. The Morgan fingerprint density at radius 1 is 0.231 bits per heavy atom. The van der Waals surface area contributed by atoms with Crippen molar-refractivity contribution in [2.75, 3.05) is 205 Å². The van der Waals surface area contributed by atoms with E-state index in [0.29, 0.717) is 6.42 Å². The predicted octanol–water partition coefficient (Wildman–Crippen LogP) is -15.1. The van der Waals surface area contributed by atoms with Crippen molar-refractivity contribution in [1.82, 2.24) is 0 Å². The van der Waals surface area contributed by atoms with Gasteiger partial charge in [0.05, 0.1) is 237 Å². The van der Waals surface area contributed by atoms with Crippen LogP contribution in [0.5, 0.6) is 0 Å². The summed E-state index contributed by atoms with van der Waals surface area (Å²) in [5, 5.41) is 265. The molecule has 0 aromatic heterocycles. The fraction of sp³-hybridized carbons (Fsp3) is 1.00. The Bertz CT molecular complexity index is 1080. The number of hydrogen-bond acceptors (Lipinski definition) is 33. The Hall–Kier alpha value is -1.32. The average Bonchev–Trinajstić information content (AvgIpc) is 3.50. The van der Waals surface area contributed by atoms with Crippen molar-refractivity contribution in [2.45, 2.75) is 43.9 Å². The van der Waals surface area contributed by atoms with Crippen molar-refractivity contribution in [3.8, 4) is 0 Å². The Kier molecular flexibility index (Phi) is 57.9. The lowest BCUT2D eigenvalue weighted by Gasteiger charge is -2.34. The van der Waals surface area contributed by atoms with Gasteiger partial charge in [-0.05, 0) is 6.42 Å². The van der Waals surface area contributed by atoms with E-state index in [9.17, 15) is 40.9 Å². The smallest absolute Gasteiger partial charge is 0.111 e. The van der Waals surface area contributed by atoms with E-state index in [-0.39, 0.29) is 72.7 Å². The molecule has 30 N–H and O–H groups in total. The van der Waals surface area contributed by atoms with Crippen LogP contribution < -0.4 is 0 Å². The van der Waals surface area contributed by atoms with Gasteiger partial charge >= 0.3 is 0 Å². The minimum absolute atomic E-state index is 0.141. The molecule has 0 rings (SSSR count). The average molecular weight is 1170 g/mol. The normalized spacial score (nSPS) is 14.0. The van der Waals surface area contributed by atoms with E-state index in [2.05, 4.69) is 0 Å². The molecule has 0 aliphatic carbocycles. The Labute approximate surface area is 453 Å². The lowest BCUT2D eigenvalue weighted by Crippen LogP contribution is -2.46. The van der Waals surface area contributed by atoms with Gasteiger partial charge in [-0.25, -0.2) is 0 Å². The van der Waals surface area contributed by atoms with Gasteiger partial charge in [-0.15, -0.1) is 0 Å². The first-order chi connectivity index (χ1) is 36.8. The second-order valence-electron chi connectivity index (χ2n) is 19.2. The van der Waals surface area contributed by atoms with Gasteiger partial charge in [0, 0.05) is 5.41 Å². The molecule has 33 heteroatoms. The molecular weight excluding hydrogens is 1070 g/mol. The van der Waals surface area contributed by atoms with Crippen molar-refractivity contribution in [1.29, 1.82) is 0 Å². The zero-order valence-electron chi connectivity index (χ0n) is 44.7. The summed E-state index contributed by atoms with van der Waals surface area (Å²) in [6.45, 7) is -10.3. The van der Waals surface area contributed by atoms with Crippen LogP contribution in [-0.4, -0.2) is 389 Å². The second kappa shape index (κ2) is 51.3. The van der Waals surface area contributed by atoms with Crippen molar-refractivity contribution in [2.24, 2.45) is 37.9 Å². The number of hydrogen-bond donors (Lipinski definition) is 30. The molecule has 480 valence electrons. The topological polar surface area (TPSA) is 635 Å². The zero-order chi connectivity index (χ0) is 62.1. The van der Waals surface area contributed by atoms with Gasteiger partial charge in [0.2, 0.25) is 0 Å². The monoisotopic (exact) mass is 1170 g/mol. The molecule has 0 saturated heterocycles. The molecule has 0 amide bonds. The van der Waals surface area contributed by atoms with Crippen LogP contribution in [0, 0.1) is 37.9 Å². The predicted molar refractivity (Wildman–Crippen MR) is 267 cm³/mol. The zero-order valence-corrected chi connectivity index (χ0v) is 44.7. The van der Waals surface area contributed by atoms with Crippen LogP contribution in [0.1, 0.15) is 13.3 Å². The quantitative estimate of drug-likeness (QED) is 0.0270. The lowest BCUT2D eigenvalue weighted by molar-refractivity contribution is -0.127. The molecule has 0 saturated carbocycles. The van der Waals surface area contributed by atoms with Gasteiger partial charge in [-0.2, -0.15) is 0 Å². The van der Waals surface area contributed by atoms with E-state index in [4.69, 9.17) is 127 Å². The van der Waals surface area contributed by atoms with Crippen LogP contribution in [0.2, 0.25) is 0 Å². The molecule has 0 bridgehead atoms. The highest BCUT2D eigenvalue weighted by Gasteiger charge is 2.37. The number of ether oxygens (including phenoxy) is 3. The first kappa shape index (κ1) is 87.9. The third-order valence-electron chi connectivity index (χ3n) is 12.2. The fourth-order valence-electron chi connectivity index (χ4n) is 4.39. The largest absolute Gasteiger partial charge is 0.396 e. The van der Waals surface area contributed by atoms with Gasteiger partial charge in [0.15, 0.2) is 0 Å². The molecule has 78 heavy (non-hydrogen) atoms. The van der Waals surface area contributed by atoms with E-state index in [0.717, 1.165) is 0 Å². The third kappa shape index (κ3) is 34.3. The highest BCUT2D eigenvalue weighted by molar-refractivity contribution is 4.84. The highest BCUT2D eigenvalue weighted by Crippen LogP contribution is 2.24. The molecule has 0 radical (unpaired) electrons. The van der Waals surface area contributed by atoms with Crippen molar-refractivity contribution < 1.29 is 167 Å². The number of aliphatic hydroxyl groups is 30. The lowest BCUT2D eigenvalue weighted by atomic mass is 9.88. The summed E-state index contributed by atoms with van der Waals surface area (Å²) in [4.78, 5) is 0. The summed E-state index contributed by atoms with van der Waals surface area (Å²) in [5.74, 6) is 0. The van der Waals surface area contributed by atoms with Crippen molar-refractivity contribution >= 4 is 0 Å². The minimum Gasteiger partial charge on any atom is -0.396 e. The molecular formula is C45H102O33. The van der Waals surface area contributed by atoms with Gasteiger partial charge in [-0.1, -0.05) is 6.92 Å². The summed E-state index contributed by atoms with van der Waals surface area (Å²) in [6.07, 6.45) is -6.75. The molecule has 4 atom stereocenters. The Morgan fingerprint density at radius 2 is 0.397 bits per heavy atom. The molecule has 33 nitrogen and oxygen atoms in total. The van der Waals surface area contributed by atoms with Crippen molar-refractivity contribution in [3.63, 3.8) is 0 Å². The molecule has 0 aliphatic heterocycles. The van der Waals surface area contributed by atoms with Crippen LogP contribution >= 0.6 is 0 Å². The molecule has 0 spiro atoms. The molecule has 0 aliphatic rings. The van der Waals surface area contributed by atoms with E-state index in [1.165, 1.54) is 0 Å². The minimum atomic E-state index is -1.67. The van der Waals surface area contributed by atoms with Gasteiger partial charge in [0.25, 0.3) is 0 Å². The second-order valence-corrected chi connectivity index (χ2v) is 19.2. The SMILES string of the molecule is CCC(CO)(CO)CO.OCC(CO)(CO)CO.OCC(CO)(CO)COCC(CO)(CO)CO.OCC(CO)(CO)COCC(CO)(CO)COCC(CO)(CO)CO.OCC(O)C(O)C(O)C(O)CO.OCC(O)CO. The van der Waals surface area contributed by atoms with Crippen LogP contribution in [0.3, 0.4) is 0 Å². The van der Waals surface area contributed by atoms with E-state index in [1.807, 2.05) is 6.92 Å². The van der Waals surface area contributed by atoms with Crippen molar-refractivity contribution in [3.05, 3.63) is 0 Å². The standard InChI is InChI=1S/C15H32O10.C10H22O7.C6H14O6.C6H14O3.C5H12O4.C3H8O3/c16-1-13(2-17,3-18)9-24-11-15(7-22,8-23)12-25-10-14(4-19,5-20)6-21;11-1-9(2-12,3-13)7-17-8-10(4-14,5-15)6-16;7-1-3(9)5(11)6(12)4(10)2-8;1-2-6(3-7,4-8)5-9;6-1-5(2-7,3-8)4-9;4-1-3(6)2-5/h16-23H,1-12H2;11-16H,1-8H2;3-12H,1-2H2;7-9H,2-5H2,1H3;6-9H,1-4H2;3-6H,1-2H2. The number of aliphatic hydroxyl groups excluding tert-OH is 30. The summed E-state index contributed by atoms with van der Waals surface area (Å²) >= 11 is 0. The van der Waals surface area contributed by atoms with E-state index in [1.54, 1.807) is 0 Å². The Balaban J connectivity index is -0.000000213. The van der Waals surface area contributed by atoms with Gasteiger partial charge < -0.3 is 167 Å². The van der Waals surface area contributed by atoms with Crippen LogP contribution in [0.15, 0.2) is 0 Å². The fourth-order valence-corrected chi connectivity index (χ4v) is 4.39. The summed E-state index contributed by atoms with van der Waals surface area (Å²) in [6, 6.07) is 0. The van der Waals surface area contributed by atoms with Crippen LogP contribution in [0.4, 0.5) is 0 Å². The first-order valence-corrected chi connectivity index (χ1v) is 24.2. The maximum absolute atomic E-state index is 9.56. The highest BCUT2D eigenvalue weighted by atomic mass is 16.5. The number of rotatable bonds is 41. The van der Waals surface area contributed by atoms with Gasteiger partial charge in [-0.3, -0.25) is 0 Å². The van der Waals surface area contributed by atoms with Gasteiger partial charge in [0.1, 0.15) is 30.5 Å². The summed E-state index contributed by atoms with van der Waals surface area (Å²) < 4.78 is 15.9. The Morgan fingerprint density at radius 3 is 0.487 bits per heavy atom. The molecule has 0 aromatic carbocycles. The third-order valence-corrected chi connectivity index (χ3v) is 12.2. The van der Waals surface area contributed by atoms with Crippen LogP contribution in [0.25, 0.3) is 0 Å². The summed E-state index contributed by atoms with van der Waals surface area (Å²) in [5.41, 5.74) is -7.79. The van der Waals surface area contributed by atoms with Crippen LogP contribution in [-0.2, 0) is 14.2 Å². The van der Waals surface area contributed by atoms with E-state index < -0.39 is 201 Å². The van der Waals surface area contributed by atoms with E-state index >= 15 is 0 Å². The summed E-state index contributed by atoms with van der Waals surface area (Å²) in [7, 11) is 0. The maximum atomic E-state index is 9.56. The molecule has 4 unspecified atom stereocenters. The maximum Gasteiger partial charge on any atom is 0.111 e. The molecule has 0 aromatic rings. The molecule has 0 heterocycles. The first-order valence-electron chi connectivity index (χ1n) is 24.2.